The molecule has 0 bridgehead atoms. The predicted molar refractivity (Wildman–Crippen MR) is 119 cm³/mol. The molecule has 2 aromatic carbocycles. The van der Waals surface area contributed by atoms with Crippen molar-refractivity contribution in [3.63, 3.8) is 0 Å². The molecule has 0 aliphatic rings. The fourth-order valence-electron chi connectivity index (χ4n) is 3.18. The minimum Gasteiger partial charge on any atom is -0.407 e. The second-order valence-electron chi connectivity index (χ2n) is 7.41. The summed E-state index contributed by atoms with van der Waals surface area (Å²) in [6.45, 7) is 4.07. The van der Waals surface area contributed by atoms with Gasteiger partial charge in [-0.05, 0) is 38.0 Å². The molecule has 2 N–H and O–H groups in total. The summed E-state index contributed by atoms with van der Waals surface area (Å²) < 4.78 is 6.42. The second-order valence-corrected chi connectivity index (χ2v) is 7.41. The van der Waals surface area contributed by atoms with Crippen LogP contribution in [0.3, 0.4) is 0 Å². The van der Waals surface area contributed by atoms with Crippen molar-refractivity contribution in [2.45, 2.75) is 45.7 Å². The molecule has 1 heterocycles. The van der Waals surface area contributed by atoms with Gasteiger partial charge in [-0.25, -0.2) is 4.79 Å². The molecule has 0 radical (unpaired) electrons. The third-order valence-electron chi connectivity index (χ3n) is 5.08. The van der Waals surface area contributed by atoms with E-state index in [1.807, 2.05) is 13.8 Å². The lowest BCUT2D eigenvalue weighted by Gasteiger charge is -2.14. The standard InChI is InChI=1S/C22H24N4O6/c1-3-14(2)23-21(28)16-7-4-5-8-17(16)24-20(27)9-6-12-25-18-11-10-15(26(30)31)13-19(18)32-22(25)29/h4-5,7-8,10-11,13-14H,3,6,9,12H2,1-2H3,(H,23,28)(H,24,27). The molecule has 10 heteroatoms. The first-order valence-electron chi connectivity index (χ1n) is 10.3. The maximum atomic E-state index is 12.5. The molecule has 0 fully saturated rings. The largest absolute Gasteiger partial charge is 0.419 e. The zero-order valence-electron chi connectivity index (χ0n) is 17.8. The topological polar surface area (TPSA) is 136 Å². The number of rotatable bonds is 9. The van der Waals surface area contributed by atoms with Crippen molar-refractivity contribution < 1.29 is 18.9 Å². The molecule has 1 unspecified atom stereocenters. The Morgan fingerprint density at radius 3 is 2.69 bits per heavy atom. The normalized spacial score (nSPS) is 11.8. The number of aromatic nitrogens is 1. The molecule has 10 nitrogen and oxygen atoms in total. The molecular formula is C22H24N4O6. The van der Waals surface area contributed by atoms with E-state index >= 15 is 0 Å². The molecule has 0 aliphatic carbocycles. The maximum Gasteiger partial charge on any atom is 0.419 e. The van der Waals surface area contributed by atoms with Crippen LogP contribution >= 0.6 is 0 Å². The van der Waals surface area contributed by atoms with Crippen LogP contribution < -0.4 is 16.4 Å². The van der Waals surface area contributed by atoms with Gasteiger partial charge in [-0.2, -0.15) is 0 Å². The molecule has 32 heavy (non-hydrogen) atoms. The lowest BCUT2D eigenvalue weighted by Crippen LogP contribution is -2.32. The number of para-hydroxylation sites is 1. The highest BCUT2D eigenvalue weighted by Crippen LogP contribution is 2.20. The fraction of sp³-hybridized carbons (Fsp3) is 0.318. The van der Waals surface area contributed by atoms with Crippen molar-refractivity contribution in [2.24, 2.45) is 0 Å². The first-order chi connectivity index (χ1) is 15.3. The van der Waals surface area contributed by atoms with Gasteiger partial charge in [0.2, 0.25) is 5.91 Å². The number of hydrogen-bond acceptors (Lipinski definition) is 6. The highest BCUT2D eigenvalue weighted by Gasteiger charge is 2.16. The third-order valence-corrected chi connectivity index (χ3v) is 5.08. The van der Waals surface area contributed by atoms with Crippen molar-refractivity contribution in [2.75, 3.05) is 5.32 Å². The molecule has 1 aromatic heterocycles. The van der Waals surface area contributed by atoms with Gasteiger partial charge in [-0.15, -0.1) is 0 Å². The highest BCUT2D eigenvalue weighted by atomic mass is 16.6. The Hall–Kier alpha value is -3.95. The smallest absolute Gasteiger partial charge is 0.407 e. The number of fused-ring (bicyclic) bond motifs is 1. The van der Waals surface area contributed by atoms with Crippen molar-refractivity contribution in [1.29, 1.82) is 0 Å². The van der Waals surface area contributed by atoms with E-state index in [1.54, 1.807) is 24.3 Å². The van der Waals surface area contributed by atoms with E-state index in [0.717, 1.165) is 6.42 Å². The zero-order chi connectivity index (χ0) is 23.3. The number of amides is 2. The summed E-state index contributed by atoms with van der Waals surface area (Å²) in [7, 11) is 0. The summed E-state index contributed by atoms with van der Waals surface area (Å²) in [6.07, 6.45) is 1.22. The summed E-state index contributed by atoms with van der Waals surface area (Å²) in [6, 6.07) is 10.7. The minimum absolute atomic E-state index is 0.00999. The molecule has 0 spiro atoms. The summed E-state index contributed by atoms with van der Waals surface area (Å²) >= 11 is 0. The second kappa shape index (κ2) is 9.90. The maximum absolute atomic E-state index is 12.5. The molecule has 3 aromatic rings. The fourth-order valence-corrected chi connectivity index (χ4v) is 3.18. The van der Waals surface area contributed by atoms with Crippen molar-refractivity contribution in [3.8, 4) is 0 Å². The Kier molecular flexibility index (Phi) is 7.04. The number of carbonyl (C=O) groups excluding carboxylic acids is 2. The monoisotopic (exact) mass is 440 g/mol. The average molecular weight is 440 g/mol. The van der Waals surface area contributed by atoms with Crippen LogP contribution in [0.4, 0.5) is 11.4 Å². The number of non-ortho nitro benzene ring substituents is 1. The van der Waals surface area contributed by atoms with Gasteiger partial charge < -0.3 is 15.1 Å². The number of nitrogens with one attached hydrogen (secondary N) is 2. The molecule has 0 aliphatic heterocycles. The Morgan fingerprint density at radius 2 is 1.97 bits per heavy atom. The van der Waals surface area contributed by atoms with E-state index in [-0.39, 0.29) is 42.1 Å². The Balaban J connectivity index is 1.63. The zero-order valence-corrected chi connectivity index (χ0v) is 17.8. The average Bonchev–Trinajstić information content (AvgIpc) is 3.08. The predicted octanol–water partition coefficient (Wildman–Crippen LogP) is 3.45. The van der Waals surface area contributed by atoms with Gasteiger partial charge in [0.05, 0.1) is 27.8 Å². The summed E-state index contributed by atoms with van der Waals surface area (Å²) in [5.74, 6) is -1.21. The summed E-state index contributed by atoms with van der Waals surface area (Å²) in [5.41, 5.74) is 1.16. The van der Waals surface area contributed by atoms with Crippen LogP contribution in [0.5, 0.6) is 0 Å². The molecule has 1 atom stereocenters. The first kappa shape index (κ1) is 22.7. The molecule has 0 saturated heterocycles. The molecule has 0 saturated carbocycles. The van der Waals surface area contributed by atoms with E-state index in [2.05, 4.69) is 10.6 Å². The number of hydrogen-bond donors (Lipinski definition) is 2. The highest BCUT2D eigenvalue weighted by molar-refractivity contribution is 6.03. The van der Waals surface area contributed by atoms with Crippen LogP contribution in [0.15, 0.2) is 51.7 Å². The van der Waals surface area contributed by atoms with Crippen LogP contribution in [0.1, 0.15) is 43.5 Å². The first-order valence-corrected chi connectivity index (χ1v) is 10.3. The van der Waals surface area contributed by atoms with E-state index in [0.29, 0.717) is 23.2 Å². The van der Waals surface area contributed by atoms with Gasteiger partial charge in [-0.1, -0.05) is 19.1 Å². The number of nitro benzene ring substituents is 1. The van der Waals surface area contributed by atoms with Crippen molar-refractivity contribution in [3.05, 3.63) is 68.7 Å². The number of anilines is 1. The van der Waals surface area contributed by atoms with Gasteiger partial charge in [0.25, 0.3) is 11.6 Å². The van der Waals surface area contributed by atoms with Gasteiger partial charge in [0.15, 0.2) is 5.58 Å². The van der Waals surface area contributed by atoms with Crippen LogP contribution in [-0.2, 0) is 11.3 Å². The number of benzene rings is 2. The minimum atomic E-state index is -0.645. The number of oxazole rings is 1. The number of nitro groups is 1. The number of carbonyl (C=O) groups is 2. The number of aryl methyl sites for hydroxylation is 1. The van der Waals surface area contributed by atoms with Crippen LogP contribution in [0, 0.1) is 10.1 Å². The van der Waals surface area contributed by atoms with Gasteiger partial charge in [0, 0.05) is 25.1 Å². The van der Waals surface area contributed by atoms with E-state index in [4.69, 9.17) is 4.42 Å². The molecular weight excluding hydrogens is 416 g/mol. The van der Waals surface area contributed by atoms with Crippen LogP contribution in [-0.4, -0.2) is 27.3 Å². The summed E-state index contributed by atoms with van der Waals surface area (Å²) in [4.78, 5) is 47.3. The van der Waals surface area contributed by atoms with E-state index in [1.165, 1.54) is 22.8 Å². The lowest BCUT2D eigenvalue weighted by atomic mass is 10.1. The third kappa shape index (κ3) is 5.20. The SMILES string of the molecule is CCC(C)NC(=O)c1ccccc1NC(=O)CCCn1c(=O)oc2cc([N+](=O)[O-])ccc21. The Labute approximate surface area is 183 Å². The van der Waals surface area contributed by atoms with Crippen molar-refractivity contribution >= 4 is 34.3 Å². The van der Waals surface area contributed by atoms with E-state index in [9.17, 15) is 24.5 Å². The Morgan fingerprint density at radius 1 is 1.22 bits per heavy atom. The Bertz CT molecular complexity index is 1210. The summed E-state index contributed by atoms with van der Waals surface area (Å²) in [5, 5.41) is 16.5. The quantitative estimate of drug-likeness (QED) is 0.386. The molecule has 3 rings (SSSR count). The van der Waals surface area contributed by atoms with Crippen LogP contribution in [0.25, 0.3) is 11.1 Å². The lowest BCUT2D eigenvalue weighted by molar-refractivity contribution is -0.384. The molecule has 168 valence electrons. The number of nitrogens with zero attached hydrogens (tertiary/aromatic N) is 2. The molecule has 2 amide bonds. The van der Waals surface area contributed by atoms with Crippen LogP contribution in [0.2, 0.25) is 0 Å². The van der Waals surface area contributed by atoms with Gasteiger partial charge in [0.1, 0.15) is 0 Å². The van der Waals surface area contributed by atoms with Crippen molar-refractivity contribution in [1.82, 2.24) is 9.88 Å². The van der Waals surface area contributed by atoms with Gasteiger partial charge in [-0.3, -0.25) is 24.3 Å². The van der Waals surface area contributed by atoms with E-state index < -0.39 is 10.7 Å². The van der Waals surface area contributed by atoms with Gasteiger partial charge >= 0.3 is 5.76 Å².